The van der Waals surface area contributed by atoms with E-state index in [0.29, 0.717) is 0 Å². The first-order valence-corrected chi connectivity index (χ1v) is 6.03. The Morgan fingerprint density at radius 1 is 1.56 bits per heavy atom. The monoisotopic (exact) mass is 237 g/mol. The van der Waals surface area contributed by atoms with Gasteiger partial charge in [-0.05, 0) is 6.07 Å². The highest BCUT2D eigenvalue weighted by Crippen LogP contribution is 2.17. The first-order valence-electron chi connectivity index (χ1n) is 5.15. The van der Waals surface area contributed by atoms with Crippen LogP contribution in [0.5, 0.6) is 0 Å². The molecule has 0 fully saturated rings. The van der Waals surface area contributed by atoms with Gasteiger partial charge in [-0.25, -0.2) is 4.98 Å². The molecule has 2 rings (SSSR count). The summed E-state index contributed by atoms with van der Waals surface area (Å²) in [5.74, 6) is 0. The van der Waals surface area contributed by atoms with Crippen LogP contribution in [-0.4, -0.2) is 29.8 Å². The van der Waals surface area contributed by atoms with Crippen LogP contribution in [0.2, 0.25) is 0 Å². The van der Waals surface area contributed by atoms with Gasteiger partial charge in [0.05, 0.1) is 18.6 Å². The zero-order valence-electron chi connectivity index (χ0n) is 9.22. The van der Waals surface area contributed by atoms with E-state index in [1.165, 1.54) is 10.6 Å². The molecule has 5 heteroatoms. The molecule has 0 amide bonds. The number of hydrogen-bond acceptors (Lipinski definition) is 4. The van der Waals surface area contributed by atoms with Crippen molar-refractivity contribution in [1.29, 1.82) is 0 Å². The maximum atomic E-state index is 4.97. The lowest BCUT2D eigenvalue weighted by molar-refractivity contribution is 0.199. The van der Waals surface area contributed by atoms with Crippen molar-refractivity contribution in [2.75, 3.05) is 20.3 Å². The lowest BCUT2D eigenvalue weighted by Crippen LogP contribution is -2.17. The lowest BCUT2D eigenvalue weighted by atomic mass is 10.4. The molecule has 16 heavy (non-hydrogen) atoms. The SMILES string of the molecule is COCCNCc1cc(-n2ccnc2)cs1. The average Bonchev–Trinajstić information content (AvgIpc) is 2.94. The maximum Gasteiger partial charge on any atom is 0.0991 e. The molecule has 0 saturated carbocycles. The van der Waals surface area contributed by atoms with Crippen molar-refractivity contribution >= 4 is 11.3 Å². The number of nitrogens with zero attached hydrogens (tertiary/aromatic N) is 2. The Morgan fingerprint density at radius 2 is 2.50 bits per heavy atom. The molecule has 2 heterocycles. The third-order valence-electron chi connectivity index (χ3n) is 2.22. The fraction of sp³-hybridized carbons (Fsp3) is 0.364. The summed E-state index contributed by atoms with van der Waals surface area (Å²) in [6.07, 6.45) is 5.54. The second-order valence-corrected chi connectivity index (χ2v) is 4.41. The van der Waals surface area contributed by atoms with Gasteiger partial charge < -0.3 is 14.6 Å². The Morgan fingerprint density at radius 3 is 3.25 bits per heavy atom. The van der Waals surface area contributed by atoms with E-state index in [9.17, 15) is 0 Å². The van der Waals surface area contributed by atoms with Gasteiger partial charge in [0.15, 0.2) is 0 Å². The van der Waals surface area contributed by atoms with Gasteiger partial charge >= 0.3 is 0 Å². The summed E-state index contributed by atoms with van der Waals surface area (Å²) in [7, 11) is 1.71. The predicted octanol–water partition coefficient (Wildman–Crippen LogP) is 1.67. The van der Waals surface area contributed by atoms with Crippen LogP contribution in [0.1, 0.15) is 4.88 Å². The molecular formula is C11H15N3OS. The second-order valence-electron chi connectivity index (χ2n) is 3.41. The number of imidazole rings is 1. The summed E-state index contributed by atoms with van der Waals surface area (Å²) in [6.45, 7) is 2.53. The molecule has 0 unspecified atom stereocenters. The first-order chi connectivity index (χ1) is 7.90. The second kappa shape index (κ2) is 5.79. The lowest BCUT2D eigenvalue weighted by Gasteiger charge is -2.00. The summed E-state index contributed by atoms with van der Waals surface area (Å²) in [4.78, 5) is 5.35. The molecule has 86 valence electrons. The number of aromatic nitrogens is 2. The summed E-state index contributed by atoms with van der Waals surface area (Å²) in [5.41, 5.74) is 1.17. The van der Waals surface area contributed by atoms with E-state index in [2.05, 4.69) is 21.7 Å². The summed E-state index contributed by atoms with van der Waals surface area (Å²) < 4.78 is 6.98. The van der Waals surface area contributed by atoms with Crippen LogP contribution in [0.3, 0.4) is 0 Å². The quantitative estimate of drug-likeness (QED) is 0.777. The molecule has 0 aliphatic rings. The third-order valence-corrected chi connectivity index (χ3v) is 3.15. The molecular weight excluding hydrogens is 222 g/mol. The molecule has 0 aromatic carbocycles. The number of rotatable bonds is 6. The number of thiophene rings is 1. The first kappa shape index (κ1) is 11.3. The van der Waals surface area contributed by atoms with Crippen LogP contribution in [0, 0.1) is 0 Å². The minimum atomic E-state index is 0.750. The fourth-order valence-electron chi connectivity index (χ4n) is 1.39. The van der Waals surface area contributed by atoms with Crippen molar-refractivity contribution in [1.82, 2.24) is 14.9 Å². The molecule has 0 atom stereocenters. The van der Waals surface area contributed by atoms with Crippen LogP contribution >= 0.6 is 11.3 Å². The predicted molar refractivity (Wildman–Crippen MR) is 65.0 cm³/mol. The standard InChI is InChI=1S/C11H15N3OS/c1-15-5-3-12-7-11-6-10(8-16-11)14-4-2-13-9-14/h2,4,6,8-9,12H,3,5,7H2,1H3. The number of ether oxygens (including phenoxy) is 1. The normalized spacial score (nSPS) is 10.8. The molecule has 2 aromatic heterocycles. The van der Waals surface area contributed by atoms with Gasteiger partial charge in [0.1, 0.15) is 0 Å². The molecule has 0 aliphatic heterocycles. The van der Waals surface area contributed by atoms with Gasteiger partial charge in [-0.1, -0.05) is 0 Å². The Balaban J connectivity index is 1.88. The van der Waals surface area contributed by atoms with Crippen molar-refractivity contribution in [2.45, 2.75) is 6.54 Å². The van der Waals surface area contributed by atoms with Crippen LogP contribution < -0.4 is 5.32 Å². The van der Waals surface area contributed by atoms with E-state index in [1.807, 2.05) is 17.1 Å². The minimum absolute atomic E-state index is 0.750. The van der Waals surface area contributed by atoms with Crippen molar-refractivity contribution in [3.63, 3.8) is 0 Å². The highest BCUT2D eigenvalue weighted by atomic mass is 32.1. The van der Waals surface area contributed by atoms with Gasteiger partial charge in [-0.2, -0.15) is 0 Å². The minimum Gasteiger partial charge on any atom is -0.383 e. The zero-order valence-corrected chi connectivity index (χ0v) is 10.0. The van der Waals surface area contributed by atoms with E-state index in [4.69, 9.17) is 4.74 Å². The Kier molecular flexibility index (Phi) is 4.10. The van der Waals surface area contributed by atoms with Gasteiger partial charge in [0.2, 0.25) is 0 Å². The Bertz CT molecular complexity index is 411. The number of hydrogen-bond donors (Lipinski definition) is 1. The van der Waals surface area contributed by atoms with Gasteiger partial charge in [-0.3, -0.25) is 0 Å². The summed E-state index contributed by atoms with van der Waals surface area (Å²) in [5, 5.41) is 5.46. The Hall–Kier alpha value is -1.17. The van der Waals surface area contributed by atoms with E-state index >= 15 is 0 Å². The molecule has 0 spiro atoms. The van der Waals surface area contributed by atoms with Crippen LogP contribution in [0.4, 0.5) is 0 Å². The molecule has 0 saturated heterocycles. The number of nitrogens with one attached hydrogen (secondary N) is 1. The molecule has 0 bridgehead atoms. The molecule has 0 aliphatic carbocycles. The maximum absolute atomic E-state index is 4.97. The highest BCUT2D eigenvalue weighted by Gasteiger charge is 2.00. The van der Waals surface area contributed by atoms with Gasteiger partial charge in [0, 0.05) is 42.9 Å². The molecule has 0 radical (unpaired) electrons. The smallest absolute Gasteiger partial charge is 0.0991 e. The van der Waals surface area contributed by atoms with Crippen LogP contribution in [0.15, 0.2) is 30.2 Å². The number of methoxy groups -OCH3 is 1. The van der Waals surface area contributed by atoms with Gasteiger partial charge in [-0.15, -0.1) is 11.3 Å². The van der Waals surface area contributed by atoms with Crippen LogP contribution in [0.25, 0.3) is 5.69 Å². The average molecular weight is 237 g/mol. The molecule has 4 nitrogen and oxygen atoms in total. The highest BCUT2D eigenvalue weighted by molar-refractivity contribution is 7.10. The van der Waals surface area contributed by atoms with E-state index in [-0.39, 0.29) is 0 Å². The molecule has 2 aromatic rings. The van der Waals surface area contributed by atoms with Gasteiger partial charge in [0.25, 0.3) is 0 Å². The van der Waals surface area contributed by atoms with E-state index in [0.717, 1.165) is 19.7 Å². The molecule has 1 N–H and O–H groups in total. The topological polar surface area (TPSA) is 39.1 Å². The zero-order chi connectivity index (χ0) is 11.2. The van der Waals surface area contributed by atoms with E-state index < -0.39 is 0 Å². The van der Waals surface area contributed by atoms with Crippen LogP contribution in [-0.2, 0) is 11.3 Å². The summed E-state index contributed by atoms with van der Waals surface area (Å²) >= 11 is 1.75. The van der Waals surface area contributed by atoms with Crippen molar-refractivity contribution in [3.8, 4) is 5.69 Å². The fourth-order valence-corrected chi connectivity index (χ4v) is 2.23. The van der Waals surface area contributed by atoms with E-state index in [1.54, 1.807) is 24.6 Å². The third kappa shape index (κ3) is 2.91. The van der Waals surface area contributed by atoms with Crippen molar-refractivity contribution in [2.24, 2.45) is 0 Å². The summed E-state index contributed by atoms with van der Waals surface area (Å²) in [6, 6.07) is 2.17. The Labute approximate surface area is 98.9 Å². The van der Waals surface area contributed by atoms with Crippen molar-refractivity contribution < 1.29 is 4.74 Å². The largest absolute Gasteiger partial charge is 0.383 e. The van der Waals surface area contributed by atoms with Crippen molar-refractivity contribution in [3.05, 3.63) is 35.0 Å².